The van der Waals surface area contributed by atoms with E-state index in [0.29, 0.717) is 6.54 Å². The molecule has 2 aliphatic rings. The minimum atomic E-state index is -3.54. The van der Waals surface area contributed by atoms with Crippen LogP contribution in [0.2, 0.25) is 0 Å². The average molecular weight is 312 g/mol. The molecule has 2 aliphatic heterocycles. The first-order valence-electron chi connectivity index (χ1n) is 7.37. The first kappa shape index (κ1) is 14.5. The number of aromatic nitrogens is 2. The van der Waals surface area contributed by atoms with Gasteiger partial charge in [-0.15, -0.1) is 0 Å². The Balaban J connectivity index is 1.72. The van der Waals surface area contributed by atoms with Gasteiger partial charge in [-0.05, 0) is 25.7 Å². The predicted octanol–water partition coefficient (Wildman–Crippen LogP) is 0.433. The molecule has 0 saturated carbocycles. The minimum Gasteiger partial charge on any atom is -0.342 e. The molecule has 0 bridgehead atoms. The second kappa shape index (κ2) is 5.76. The number of H-pyrrole nitrogens is 1. The van der Waals surface area contributed by atoms with Gasteiger partial charge in [0.2, 0.25) is 15.9 Å². The molecule has 1 aromatic heterocycles. The normalized spacial score (nSPS) is 24.4. The van der Waals surface area contributed by atoms with Gasteiger partial charge in [0.05, 0.1) is 12.1 Å². The van der Waals surface area contributed by atoms with Crippen molar-refractivity contribution in [3.05, 3.63) is 12.4 Å². The van der Waals surface area contributed by atoms with Crippen LogP contribution >= 0.6 is 0 Å². The number of rotatable bonds is 3. The highest BCUT2D eigenvalue weighted by Gasteiger charge is 2.35. The summed E-state index contributed by atoms with van der Waals surface area (Å²) in [6.45, 7) is 2.37. The summed E-state index contributed by atoms with van der Waals surface area (Å²) in [6.07, 6.45) is 6.28. The zero-order chi connectivity index (χ0) is 14.9. The SMILES string of the molecule is O=C([C@@H]1CCCN(S(=O)(=O)c2cn[nH]c2)C1)N1CCCC1. The maximum atomic E-state index is 12.5. The molecule has 2 fully saturated rings. The van der Waals surface area contributed by atoms with Crippen molar-refractivity contribution in [1.29, 1.82) is 0 Å². The summed E-state index contributed by atoms with van der Waals surface area (Å²) >= 11 is 0. The van der Waals surface area contributed by atoms with Crippen LogP contribution in [0.15, 0.2) is 17.3 Å². The van der Waals surface area contributed by atoms with E-state index < -0.39 is 10.0 Å². The molecule has 0 spiro atoms. The van der Waals surface area contributed by atoms with Crippen LogP contribution < -0.4 is 0 Å². The Morgan fingerprint density at radius 2 is 2.00 bits per heavy atom. The highest BCUT2D eigenvalue weighted by atomic mass is 32.2. The van der Waals surface area contributed by atoms with Gasteiger partial charge in [-0.3, -0.25) is 9.89 Å². The number of hydrogen-bond acceptors (Lipinski definition) is 4. The largest absolute Gasteiger partial charge is 0.342 e. The predicted molar refractivity (Wildman–Crippen MR) is 75.9 cm³/mol. The van der Waals surface area contributed by atoms with Gasteiger partial charge in [-0.1, -0.05) is 0 Å². The molecule has 0 aromatic carbocycles. The molecule has 3 heterocycles. The van der Waals surface area contributed by atoms with Crippen LogP contribution in [0.3, 0.4) is 0 Å². The Kier molecular flexibility index (Phi) is 3.99. The van der Waals surface area contributed by atoms with Gasteiger partial charge in [0.25, 0.3) is 0 Å². The van der Waals surface area contributed by atoms with E-state index >= 15 is 0 Å². The van der Waals surface area contributed by atoms with E-state index in [2.05, 4.69) is 10.2 Å². The van der Waals surface area contributed by atoms with E-state index in [1.165, 1.54) is 16.7 Å². The van der Waals surface area contributed by atoms with Crippen LogP contribution in [-0.2, 0) is 14.8 Å². The van der Waals surface area contributed by atoms with Crippen LogP contribution in [0.25, 0.3) is 0 Å². The third-order valence-corrected chi connectivity index (χ3v) is 6.09. The van der Waals surface area contributed by atoms with Crippen LogP contribution in [-0.4, -0.2) is 59.9 Å². The number of carbonyl (C=O) groups is 1. The summed E-state index contributed by atoms with van der Waals surface area (Å²) in [5, 5.41) is 6.22. The highest BCUT2D eigenvalue weighted by molar-refractivity contribution is 7.89. The lowest BCUT2D eigenvalue weighted by Crippen LogP contribution is -2.46. The van der Waals surface area contributed by atoms with Crippen LogP contribution in [0, 0.1) is 5.92 Å². The molecule has 2 saturated heterocycles. The van der Waals surface area contributed by atoms with E-state index in [1.54, 1.807) is 0 Å². The molecular formula is C13H20N4O3S. The standard InChI is InChI=1S/C13H20N4O3S/c18-13(16-5-1-2-6-16)11-4-3-7-17(10-11)21(19,20)12-8-14-15-9-12/h8-9,11H,1-7,10H2,(H,14,15)/t11-/m1/s1. The fourth-order valence-corrected chi connectivity index (χ4v) is 4.52. The summed E-state index contributed by atoms with van der Waals surface area (Å²) in [5.74, 6) is -0.0990. The second-order valence-electron chi connectivity index (χ2n) is 5.67. The van der Waals surface area contributed by atoms with Crippen LogP contribution in [0.4, 0.5) is 0 Å². The fourth-order valence-electron chi connectivity index (χ4n) is 3.09. The lowest BCUT2D eigenvalue weighted by Gasteiger charge is -2.32. The third kappa shape index (κ3) is 2.82. The zero-order valence-corrected chi connectivity index (χ0v) is 12.7. The zero-order valence-electron chi connectivity index (χ0n) is 11.9. The van der Waals surface area contributed by atoms with Crippen molar-refractivity contribution in [2.75, 3.05) is 26.2 Å². The molecule has 1 amide bonds. The Morgan fingerprint density at radius 1 is 1.24 bits per heavy atom. The maximum Gasteiger partial charge on any atom is 0.246 e. The molecule has 1 aromatic rings. The smallest absolute Gasteiger partial charge is 0.246 e. The topological polar surface area (TPSA) is 86.4 Å². The molecule has 8 heteroatoms. The van der Waals surface area contributed by atoms with E-state index in [1.807, 2.05) is 4.90 Å². The summed E-state index contributed by atoms with van der Waals surface area (Å²) in [5.41, 5.74) is 0. The first-order chi connectivity index (χ1) is 10.1. The van der Waals surface area contributed by atoms with Crippen molar-refractivity contribution in [1.82, 2.24) is 19.4 Å². The monoisotopic (exact) mass is 312 g/mol. The first-order valence-corrected chi connectivity index (χ1v) is 8.81. The molecule has 7 nitrogen and oxygen atoms in total. The van der Waals surface area contributed by atoms with Gasteiger partial charge in [0, 0.05) is 32.4 Å². The van der Waals surface area contributed by atoms with Gasteiger partial charge in [-0.2, -0.15) is 9.40 Å². The molecule has 0 aliphatic carbocycles. The molecule has 116 valence electrons. The van der Waals surface area contributed by atoms with Crippen molar-refractivity contribution >= 4 is 15.9 Å². The van der Waals surface area contributed by atoms with Gasteiger partial charge in [0.1, 0.15) is 4.90 Å². The number of amides is 1. The number of nitrogens with zero attached hydrogens (tertiary/aromatic N) is 3. The fraction of sp³-hybridized carbons (Fsp3) is 0.692. The molecule has 0 unspecified atom stereocenters. The molecule has 21 heavy (non-hydrogen) atoms. The summed E-state index contributed by atoms with van der Waals surface area (Å²) < 4.78 is 26.4. The van der Waals surface area contributed by atoms with Crippen molar-refractivity contribution in [2.24, 2.45) is 5.92 Å². The number of hydrogen-bond donors (Lipinski definition) is 1. The molecule has 0 radical (unpaired) electrons. The Hall–Kier alpha value is -1.41. The van der Waals surface area contributed by atoms with Crippen molar-refractivity contribution in [2.45, 2.75) is 30.6 Å². The Labute approximate surface area is 124 Å². The van der Waals surface area contributed by atoms with E-state index in [9.17, 15) is 13.2 Å². The molecule has 1 N–H and O–H groups in total. The van der Waals surface area contributed by atoms with E-state index in [-0.39, 0.29) is 23.3 Å². The lowest BCUT2D eigenvalue weighted by molar-refractivity contribution is -0.135. The Bertz CT molecular complexity index is 593. The minimum absolute atomic E-state index is 0.111. The third-order valence-electron chi connectivity index (χ3n) is 4.26. The number of likely N-dealkylation sites (tertiary alicyclic amines) is 1. The maximum absolute atomic E-state index is 12.5. The summed E-state index contributed by atoms with van der Waals surface area (Å²) in [6, 6.07) is 0. The number of sulfonamides is 1. The highest BCUT2D eigenvalue weighted by Crippen LogP contribution is 2.25. The van der Waals surface area contributed by atoms with E-state index in [0.717, 1.165) is 38.8 Å². The Morgan fingerprint density at radius 3 is 2.67 bits per heavy atom. The summed E-state index contributed by atoms with van der Waals surface area (Å²) in [7, 11) is -3.54. The number of piperidine rings is 1. The number of nitrogens with one attached hydrogen (secondary N) is 1. The molecule has 3 rings (SSSR count). The number of aromatic amines is 1. The van der Waals surface area contributed by atoms with Crippen molar-refractivity contribution in [3.8, 4) is 0 Å². The van der Waals surface area contributed by atoms with Crippen LogP contribution in [0.5, 0.6) is 0 Å². The van der Waals surface area contributed by atoms with Gasteiger partial charge < -0.3 is 4.90 Å². The molecule has 1 atom stereocenters. The average Bonchev–Trinajstić information content (AvgIpc) is 3.19. The second-order valence-corrected chi connectivity index (χ2v) is 7.61. The van der Waals surface area contributed by atoms with Gasteiger partial charge >= 0.3 is 0 Å². The van der Waals surface area contributed by atoms with Gasteiger partial charge in [-0.25, -0.2) is 8.42 Å². The lowest BCUT2D eigenvalue weighted by atomic mass is 9.98. The quantitative estimate of drug-likeness (QED) is 0.877. The number of carbonyl (C=O) groups excluding carboxylic acids is 1. The van der Waals surface area contributed by atoms with Crippen molar-refractivity contribution in [3.63, 3.8) is 0 Å². The van der Waals surface area contributed by atoms with Crippen LogP contribution in [0.1, 0.15) is 25.7 Å². The molecular weight excluding hydrogens is 292 g/mol. The van der Waals surface area contributed by atoms with E-state index in [4.69, 9.17) is 0 Å². The van der Waals surface area contributed by atoms with Gasteiger partial charge in [0.15, 0.2) is 0 Å². The summed E-state index contributed by atoms with van der Waals surface area (Å²) in [4.78, 5) is 14.5. The van der Waals surface area contributed by atoms with Crippen molar-refractivity contribution < 1.29 is 13.2 Å².